The van der Waals surface area contributed by atoms with Gasteiger partial charge in [0, 0.05) is 38.3 Å². The monoisotopic (exact) mass is 387 g/mol. The van der Waals surface area contributed by atoms with Gasteiger partial charge < -0.3 is 15.1 Å². The van der Waals surface area contributed by atoms with Gasteiger partial charge in [-0.3, -0.25) is 4.79 Å². The molecular formula is C19H31Cl2N3O. The maximum Gasteiger partial charge on any atom is 0.222 e. The van der Waals surface area contributed by atoms with Crippen LogP contribution in [0.15, 0.2) is 30.3 Å². The van der Waals surface area contributed by atoms with Crippen molar-refractivity contribution >= 4 is 36.4 Å². The molecular weight excluding hydrogens is 357 g/mol. The first-order valence-electron chi connectivity index (χ1n) is 9.00. The Bertz CT molecular complexity index is 509. The van der Waals surface area contributed by atoms with E-state index in [1.807, 2.05) is 11.9 Å². The number of benzene rings is 1. The molecule has 2 saturated heterocycles. The van der Waals surface area contributed by atoms with Gasteiger partial charge in [0.1, 0.15) is 0 Å². The van der Waals surface area contributed by atoms with Crippen LogP contribution in [0.2, 0.25) is 0 Å². The first-order valence-corrected chi connectivity index (χ1v) is 9.00. The molecule has 1 amide bonds. The fourth-order valence-corrected chi connectivity index (χ4v) is 3.81. The predicted molar refractivity (Wildman–Crippen MR) is 109 cm³/mol. The van der Waals surface area contributed by atoms with E-state index >= 15 is 0 Å². The molecule has 2 fully saturated rings. The molecule has 0 saturated carbocycles. The third-order valence-electron chi connectivity index (χ3n) is 5.39. The van der Waals surface area contributed by atoms with Crippen LogP contribution in [0.4, 0.5) is 5.69 Å². The van der Waals surface area contributed by atoms with Crippen LogP contribution >= 0.6 is 24.8 Å². The summed E-state index contributed by atoms with van der Waals surface area (Å²) in [5.74, 6) is 1.01. The Morgan fingerprint density at radius 1 is 1.24 bits per heavy atom. The average molecular weight is 388 g/mol. The fraction of sp³-hybridized carbons (Fsp3) is 0.632. The summed E-state index contributed by atoms with van der Waals surface area (Å²) in [6.07, 6.45) is 5.23. The predicted octanol–water partition coefficient (Wildman–Crippen LogP) is 3.35. The van der Waals surface area contributed by atoms with Gasteiger partial charge in [0.25, 0.3) is 0 Å². The van der Waals surface area contributed by atoms with Crippen LogP contribution in [0.1, 0.15) is 32.1 Å². The lowest BCUT2D eigenvalue weighted by molar-refractivity contribution is -0.132. The molecule has 0 spiro atoms. The van der Waals surface area contributed by atoms with Gasteiger partial charge in [0.2, 0.25) is 5.91 Å². The minimum absolute atomic E-state index is 0. The second kappa shape index (κ2) is 10.9. The molecule has 1 aromatic rings. The van der Waals surface area contributed by atoms with Gasteiger partial charge in [0.05, 0.1) is 0 Å². The van der Waals surface area contributed by atoms with Gasteiger partial charge >= 0.3 is 0 Å². The molecule has 1 aromatic carbocycles. The summed E-state index contributed by atoms with van der Waals surface area (Å²) in [4.78, 5) is 17.0. The van der Waals surface area contributed by atoms with Crippen LogP contribution in [-0.4, -0.2) is 50.1 Å². The molecule has 2 aliphatic heterocycles. The Balaban J connectivity index is 0.00000156. The maximum absolute atomic E-state index is 12.5. The minimum atomic E-state index is 0. The molecule has 1 N–H and O–H groups in total. The maximum atomic E-state index is 12.5. The molecule has 3 rings (SSSR count). The number of hydrogen-bond acceptors (Lipinski definition) is 3. The largest absolute Gasteiger partial charge is 0.369 e. The lowest BCUT2D eigenvalue weighted by Crippen LogP contribution is -2.48. The van der Waals surface area contributed by atoms with E-state index in [4.69, 9.17) is 0 Å². The zero-order valence-corrected chi connectivity index (χ0v) is 16.7. The van der Waals surface area contributed by atoms with Crippen LogP contribution < -0.4 is 10.2 Å². The Labute approximate surface area is 164 Å². The number of piperidine rings is 1. The molecule has 2 heterocycles. The summed E-state index contributed by atoms with van der Waals surface area (Å²) < 4.78 is 0. The highest BCUT2D eigenvalue weighted by molar-refractivity contribution is 5.85. The van der Waals surface area contributed by atoms with E-state index in [0.29, 0.717) is 24.3 Å². The Hall–Kier alpha value is -0.970. The standard InChI is InChI=1S/C19H29N3O.2ClH/c1-21(19(23)10-9-16-11-12-20-14-16)18-8-5-13-22(15-18)17-6-3-2-4-7-17;;/h2-4,6-7,16,18,20H,5,8-15H2,1H3;2*1H. The van der Waals surface area contributed by atoms with Crippen molar-refractivity contribution in [3.05, 3.63) is 30.3 Å². The summed E-state index contributed by atoms with van der Waals surface area (Å²) in [5, 5.41) is 3.38. The topological polar surface area (TPSA) is 35.6 Å². The third-order valence-corrected chi connectivity index (χ3v) is 5.39. The van der Waals surface area contributed by atoms with Crippen molar-refractivity contribution in [2.24, 2.45) is 5.92 Å². The summed E-state index contributed by atoms with van der Waals surface area (Å²) >= 11 is 0. The zero-order chi connectivity index (χ0) is 16.1. The molecule has 2 atom stereocenters. The number of para-hydroxylation sites is 1. The smallest absolute Gasteiger partial charge is 0.222 e. The molecule has 25 heavy (non-hydrogen) atoms. The number of hydrogen-bond donors (Lipinski definition) is 1. The highest BCUT2D eigenvalue weighted by atomic mass is 35.5. The van der Waals surface area contributed by atoms with Gasteiger partial charge in [-0.15, -0.1) is 24.8 Å². The van der Waals surface area contributed by atoms with Gasteiger partial charge in [-0.2, -0.15) is 0 Å². The van der Waals surface area contributed by atoms with Gasteiger partial charge in [0.15, 0.2) is 0 Å². The number of rotatable bonds is 5. The number of nitrogens with one attached hydrogen (secondary N) is 1. The van der Waals surface area contributed by atoms with Crippen molar-refractivity contribution in [2.75, 3.05) is 38.1 Å². The van der Waals surface area contributed by atoms with Crippen molar-refractivity contribution in [1.82, 2.24) is 10.2 Å². The molecule has 2 aliphatic rings. The Morgan fingerprint density at radius 2 is 2.00 bits per heavy atom. The van der Waals surface area contributed by atoms with Gasteiger partial charge in [-0.1, -0.05) is 18.2 Å². The van der Waals surface area contributed by atoms with E-state index in [2.05, 4.69) is 40.5 Å². The number of likely N-dealkylation sites (N-methyl/N-ethyl adjacent to an activating group) is 1. The second-order valence-electron chi connectivity index (χ2n) is 6.98. The molecule has 0 bridgehead atoms. The highest BCUT2D eigenvalue weighted by Gasteiger charge is 2.26. The van der Waals surface area contributed by atoms with Crippen LogP contribution in [0.3, 0.4) is 0 Å². The van der Waals surface area contributed by atoms with Crippen molar-refractivity contribution in [1.29, 1.82) is 0 Å². The van der Waals surface area contributed by atoms with Crippen molar-refractivity contribution in [3.63, 3.8) is 0 Å². The number of nitrogens with zero attached hydrogens (tertiary/aromatic N) is 2. The summed E-state index contributed by atoms with van der Waals surface area (Å²) in [5.41, 5.74) is 1.27. The quantitative estimate of drug-likeness (QED) is 0.841. The fourth-order valence-electron chi connectivity index (χ4n) is 3.81. The van der Waals surface area contributed by atoms with E-state index in [0.717, 1.165) is 45.4 Å². The van der Waals surface area contributed by atoms with E-state index in [1.54, 1.807) is 0 Å². The first-order chi connectivity index (χ1) is 11.2. The number of carbonyl (C=O) groups excluding carboxylic acids is 1. The second-order valence-corrected chi connectivity index (χ2v) is 6.98. The molecule has 0 radical (unpaired) electrons. The number of carbonyl (C=O) groups is 1. The van der Waals surface area contributed by atoms with Crippen LogP contribution in [-0.2, 0) is 4.79 Å². The molecule has 4 nitrogen and oxygen atoms in total. The first kappa shape index (κ1) is 22.1. The number of amides is 1. The zero-order valence-electron chi connectivity index (χ0n) is 15.0. The van der Waals surface area contributed by atoms with E-state index in [9.17, 15) is 4.79 Å². The van der Waals surface area contributed by atoms with Crippen LogP contribution in [0, 0.1) is 5.92 Å². The minimum Gasteiger partial charge on any atom is -0.369 e. The van der Waals surface area contributed by atoms with Crippen molar-refractivity contribution < 1.29 is 4.79 Å². The van der Waals surface area contributed by atoms with Crippen LogP contribution in [0.25, 0.3) is 0 Å². The van der Waals surface area contributed by atoms with Crippen molar-refractivity contribution in [2.45, 2.75) is 38.1 Å². The third kappa shape index (κ3) is 6.05. The highest BCUT2D eigenvalue weighted by Crippen LogP contribution is 2.23. The van der Waals surface area contributed by atoms with E-state index in [1.165, 1.54) is 12.1 Å². The lowest BCUT2D eigenvalue weighted by atomic mass is 10.00. The van der Waals surface area contributed by atoms with Crippen LogP contribution in [0.5, 0.6) is 0 Å². The van der Waals surface area contributed by atoms with E-state index in [-0.39, 0.29) is 24.8 Å². The molecule has 0 aromatic heterocycles. The lowest BCUT2D eigenvalue weighted by Gasteiger charge is -2.39. The average Bonchev–Trinajstić information content (AvgIpc) is 3.13. The SMILES string of the molecule is CN(C(=O)CCC1CCNC1)C1CCCN(c2ccccc2)C1.Cl.Cl. The molecule has 6 heteroatoms. The van der Waals surface area contributed by atoms with Gasteiger partial charge in [-0.25, -0.2) is 0 Å². The summed E-state index contributed by atoms with van der Waals surface area (Å²) in [6, 6.07) is 10.9. The molecule has 142 valence electrons. The molecule has 2 unspecified atom stereocenters. The Kier molecular flexibility index (Phi) is 9.62. The van der Waals surface area contributed by atoms with Gasteiger partial charge in [-0.05, 0) is 56.8 Å². The summed E-state index contributed by atoms with van der Waals surface area (Å²) in [7, 11) is 1.99. The van der Waals surface area contributed by atoms with E-state index < -0.39 is 0 Å². The Morgan fingerprint density at radius 3 is 2.68 bits per heavy atom. The normalized spacial score (nSPS) is 22.7. The summed E-state index contributed by atoms with van der Waals surface area (Å²) in [6.45, 7) is 4.25. The number of anilines is 1. The van der Waals surface area contributed by atoms with Crippen molar-refractivity contribution in [3.8, 4) is 0 Å². The number of halogens is 2. The molecule has 0 aliphatic carbocycles.